The van der Waals surface area contributed by atoms with Gasteiger partial charge in [-0.25, -0.2) is 15.2 Å². The lowest BCUT2D eigenvalue weighted by Gasteiger charge is -2.30. The molecule has 2 saturated heterocycles. The lowest BCUT2D eigenvalue weighted by molar-refractivity contribution is -0.130. The minimum absolute atomic E-state index is 0.0199. The first-order chi connectivity index (χ1) is 11.7. The van der Waals surface area contributed by atoms with Gasteiger partial charge in [-0.1, -0.05) is 25.1 Å². The molecule has 4 unspecified atom stereocenters. The Bertz CT molecular complexity index is 718. The van der Waals surface area contributed by atoms with Gasteiger partial charge in [0.25, 0.3) is 0 Å². The first-order valence-corrected chi connectivity index (χ1v) is 9.19. The van der Waals surface area contributed by atoms with Gasteiger partial charge in [0.2, 0.25) is 5.91 Å². The monoisotopic (exact) mass is 345 g/mol. The van der Waals surface area contributed by atoms with E-state index in [2.05, 4.69) is 29.2 Å². The molecule has 3 heterocycles. The van der Waals surface area contributed by atoms with Crippen LogP contribution in [0.2, 0.25) is 0 Å². The van der Waals surface area contributed by atoms with Crippen molar-refractivity contribution in [3.05, 3.63) is 58.0 Å². The first kappa shape index (κ1) is 15.7. The van der Waals surface area contributed by atoms with Crippen molar-refractivity contribution in [2.45, 2.75) is 31.5 Å². The Labute approximate surface area is 144 Å². The largest absolute Gasteiger partial charge is 0.333 e. The highest BCUT2D eigenvalue weighted by molar-refractivity contribution is 7.10. The second-order valence-corrected chi connectivity index (χ2v) is 7.34. The van der Waals surface area contributed by atoms with Gasteiger partial charge < -0.3 is 4.90 Å². The number of carbonyl (C=O) groups excluding carboxylic acids is 1. The van der Waals surface area contributed by atoms with E-state index < -0.39 is 0 Å². The predicted octanol–water partition coefficient (Wildman–Crippen LogP) is 3.01. The highest BCUT2D eigenvalue weighted by Crippen LogP contribution is 2.48. The molecule has 24 heavy (non-hydrogen) atoms. The van der Waals surface area contributed by atoms with Crippen molar-refractivity contribution in [2.75, 3.05) is 6.54 Å². The number of carbonyl (C=O) groups is 1. The zero-order chi connectivity index (χ0) is 16.7. The van der Waals surface area contributed by atoms with Crippen LogP contribution in [0.4, 0.5) is 4.39 Å². The summed E-state index contributed by atoms with van der Waals surface area (Å²) in [7, 11) is 0. The minimum Gasteiger partial charge on any atom is -0.333 e. The number of nitrogens with one attached hydrogen (secondary N) is 2. The number of hydrogen-bond acceptors (Lipinski definition) is 4. The number of hydrogen-bond donors (Lipinski definition) is 2. The SMILES string of the molecule is CCCN1C(=O)C2NNC(c3ccc(F)cc3)C2C1c1cccs1. The maximum absolute atomic E-state index is 13.3. The average Bonchev–Trinajstić information content (AvgIpc) is 3.29. The van der Waals surface area contributed by atoms with E-state index in [1.807, 2.05) is 11.0 Å². The van der Waals surface area contributed by atoms with Crippen LogP contribution in [-0.2, 0) is 4.79 Å². The molecule has 4 rings (SSSR count). The van der Waals surface area contributed by atoms with Gasteiger partial charge in [-0.2, -0.15) is 0 Å². The Hall–Kier alpha value is -1.76. The Balaban J connectivity index is 1.73. The molecule has 2 aliphatic heterocycles. The molecule has 0 bridgehead atoms. The van der Waals surface area contributed by atoms with Gasteiger partial charge in [0.1, 0.15) is 11.9 Å². The molecule has 0 spiro atoms. The molecule has 1 aromatic carbocycles. The highest BCUT2D eigenvalue weighted by Gasteiger charge is 2.55. The van der Waals surface area contributed by atoms with Crippen molar-refractivity contribution in [3.8, 4) is 0 Å². The summed E-state index contributed by atoms with van der Waals surface area (Å²) < 4.78 is 13.3. The molecule has 2 aliphatic rings. The first-order valence-electron chi connectivity index (χ1n) is 8.31. The molecule has 2 aromatic rings. The Kier molecular flexibility index (Phi) is 4.12. The topological polar surface area (TPSA) is 44.4 Å². The molecule has 0 saturated carbocycles. The third kappa shape index (κ3) is 2.46. The summed E-state index contributed by atoms with van der Waals surface area (Å²) in [5.41, 5.74) is 7.45. The molecule has 6 heteroatoms. The molecule has 126 valence electrons. The summed E-state index contributed by atoms with van der Waals surface area (Å²) in [4.78, 5) is 16.1. The second-order valence-electron chi connectivity index (χ2n) is 6.36. The van der Waals surface area contributed by atoms with Gasteiger partial charge in [0.05, 0.1) is 12.1 Å². The Morgan fingerprint density at radius 3 is 2.58 bits per heavy atom. The molecular formula is C18H20FN3OS. The summed E-state index contributed by atoms with van der Waals surface area (Å²) in [5, 5.41) is 2.06. The predicted molar refractivity (Wildman–Crippen MR) is 91.8 cm³/mol. The molecule has 1 aromatic heterocycles. The number of thiophene rings is 1. The standard InChI is InChI=1S/C18H20FN3OS/c1-2-9-22-17(13-4-3-10-24-13)14-15(20-21-16(14)18(22)23)11-5-7-12(19)8-6-11/h3-8,10,14-17,20-21H,2,9H2,1H3. The summed E-state index contributed by atoms with van der Waals surface area (Å²) in [6.45, 7) is 2.85. The van der Waals surface area contributed by atoms with Gasteiger partial charge in [-0.3, -0.25) is 4.79 Å². The number of likely N-dealkylation sites (tertiary alicyclic amines) is 1. The van der Waals surface area contributed by atoms with E-state index in [4.69, 9.17) is 0 Å². The van der Waals surface area contributed by atoms with Gasteiger partial charge in [0.15, 0.2) is 0 Å². The van der Waals surface area contributed by atoms with Crippen molar-refractivity contribution in [1.82, 2.24) is 15.8 Å². The van der Waals surface area contributed by atoms with Crippen molar-refractivity contribution in [3.63, 3.8) is 0 Å². The normalized spacial score (nSPS) is 29.2. The van der Waals surface area contributed by atoms with Crippen molar-refractivity contribution in [2.24, 2.45) is 5.92 Å². The van der Waals surface area contributed by atoms with Crippen LogP contribution in [0.3, 0.4) is 0 Å². The quantitative estimate of drug-likeness (QED) is 0.895. The fourth-order valence-electron chi connectivity index (χ4n) is 3.95. The number of hydrazine groups is 1. The van der Waals surface area contributed by atoms with E-state index in [-0.39, 0.29) is 35.8 Å². The number of rotatable bonds is 4. The van der Waals surface area contributed by atoms with E-state index in [1.54, 1.807) is 23.5 Å². The third-order valence-corrected chi connectivity index (χ3v) is 5.88. The highest BCUT2D eigenvalue weighted by atomic mass is 32.1. The molecule has 4 nitrogen and oxygen atoms in total. The molecule has 2 fully saturated rings. The summed E-state index contributed by atoms with van der Waals surface area (Å²) >= 11 is 1.69. The van der Waals surface area contributed by atoms with Gasteiger partial charge in [-0.15, -0.1) is 11.3 Å². The van der Waals surface area contributed by atoms with E-state index in [0.29, 0.717) is 0 Å². The maximum atomic E-state index is 13.3. The van der Waals surface area contributed by atoms with Crippen LogP contribution in [-0.4, -0.2) is 23.4 Å². The summed E-state index contributed by atoms with van der Waals surface area (Å²) in [6, 6.07) is 10.5. The van der Waals surface area contributed by atoms with Gasteiger partial charge in [0, 0.05) is 17.3 Å². The maximum Gasteiger partial charge on any atom is 0.242 e. The third-order valence-electron chi connectivity index (χ3n) is 4.94. The molecule has 0 aliphatic carbocycles. The zero-order valence-electron chi connectivity index (χ0n) is 13.4. The van der Waals surface area contributed by atoms with Crippen molar-refractivity contribution < 1.29 is 9.18 Å². The Morgan fingerprint density at radius 1 is 1.17 bits per heavy atom. The lowest BCUT2D eigenvalue weighted by atomic mass is 9.86. The molecule has 0 radical (unpaired) electrons. The van der Waals surface area contributed by atoms with Crippen LogP contribution in [0.15, 0.2) is 41.8 Å². The Morgan fingerprint density at radius 2 is 1.92 bits per heavy atom. The zero-order valence-corrected chi connectivity index (χ0v) is 14.2. The fraction of sp³-hybridized carbons (Fsp3) is 0.389. The second kappa shape index (κ2) is 6.27. The molecule has 1 amide bonds. The van der Waals surface area contributed by atoms with Gasteiger partial charge >= 0.3 is 0 Å². The van der Waals surface area contributed by atoms with Crippen molar-refractivity contribution in [1.29, 1.82) is 0 Å². The fourth-order valence-corrected chi connectivity index (χ4v) is 4.84. The number of nitrogens with zero attached hydrogens (tertiary/aromatic N) is 1. The van der Waals surface area contributed by atoms with Crippen LogP contribution in [0.25, 0.3) is 0 Å². The van der Waals surface area contributed by atoms with Crippen LogP contribution in [0.1, 0.15) is 35.9 Å². The lowest BCUT2D eigenvalue weighted by Crippen LogP contribution is -2.41. The van der Waals surface area contributed by atoms with Crippen LogP contribution in [0, 0.1) is 11.7 Å². The minimum atomic E-state index is -0.244. The van der Waals surface area contributed by atoms with Crippen molar-refractivity contribution >= 4 is 17.2 Å². The van der Waals surface area contributed by atoms with Crippen LogP contribution >= 0.6 is 11.3 Å². The number of benzene rings is 1. The van der Waals surface area contributed by atoms with Crippen LogP contribution < -0.4 is 10.9 Å². The van der Waals surface area contributed by atoms with E-state index >= 15 is 0 Å². The summed E-state index contributed by atoms with van der Waals surface area (Å²) in [5.74, 6) is -0.00306. The number of amides is 1. The molecule has 4 atom stereocenters. The number of fused-ring (bicyclic) bond motifs is 1. The van der Waals surface area contributed by atoms with E-state index in [0.717, 1.165) is 18.5 Å². The van der Waals surface area contributed by atoms with E-state index in [1.165, 1.54) is 17.0 Å². The average molecular weight is 345 g/mol. The molecule has 2 N–H and O–H groups in total. The summed E-state index contributed by atoms with van der Waals surface area (Å²) in [6.07, 6.45) is 0.932. The smallest absolute Gasteiger partial charge is 0.242 e. The van der Waals surface area contributed by atoms with Gasteiger partial charge in [-0.05, 0) is 35.6 Å². The van der Waals surface area contributed by atoms with Crippen LogP contribution in [0.5, 0.6) is 0 Å². The molecular weight excluding hydrogens is 325 g/mol. The van der Waals surface area contributed by atoms with E-state index in [9.17, 15) is 9.18 Å². The number of halogens is 1.